The van der Waals surface area contributed by atoms with E-state index in [9.17, 15) is 5.26 Å². The van der Waals surface area contributed by atoms with Crippen molar-refractivity contribution in [1.82, 2.24) is 4.98 Å². The zero-order chi connectivity index (χ0) is 20.1. The van der Waals surface area contributed by atoms with Gasteiger partial charge < -0.3 is 14.2 Å². The molecule has 3 rings (SSSR count). The molecular formula is C22H19BrN2O3. The van der Waals surface area contributed by atoms with Crippen LogP contribution in [0.5, 0.6) is 17.4 Å². The van der Waals surface area contributed by atoms with E-state index in [0.717, 1.165) is 26.9 Å². The van der Waals surface area contributed by atoms with E-state index in [1.807, 2.05) is 55.5 Å². The second-order valence-electron chi connectivity index (χ2n) is 5.86. The molecule has 0 saturated heterocycles. The molecule has 0 aliphatic carbocycles. The molecule has 0 radical (unpaired) electrons. The van der Waals surface area contributed by atoms with Gasteiger partial charge in [0.15, 0.2) is 11.5 Å². The molecule has 1 aromatic heterocycles. The molecule has 0 amide bonds. The van der Waals surface area contributed by atoms with E-state index in [-0.39, 0.29) is 0 Å². The molecule has 28 heavy (non-hydrogen) atoms. The molecule has 5 nitrogen and oxygen atoms in total. The number of nitriles is 1. The number of halogens is 1. The number of nitrogens with zero attached hydrogens (tertiary/aromatic N) is 2. The summed E-state index contributed by atoms with van der Waals surface area (Å²) < 4.78 is 17.4. The van der Waals surface area contributed by atoms with E-state index in [4.69, 9.17) is 14.2 Å². The Balaban J connectivity index is 2.24. The minimum Gasteiger partial charge on any atom is -0.493 e. The Kier molecular flexibility index (Phi) is 6.17. The van der Waals surface area contributed by atoms with Gasteiger partial charge in [-0.3, -0.25) is 0 Å². The predicted octanol–water partition coefficient (Wildman–Crippen LogP) is 5.47. The number of methoxy groups -OCH3 is 2. The molecule has 1 heterocycles. The molecule has 6 heteroatoms. The van der Waals surface area contributed by atoms with Crippen LogP contribution in [-0.2, 0) is 0 Å². The van der Waals surface area contributed by atoms with Crippen molar-refractivity contribution in [3.05, 3.63) is 58.6 Å². The highest BCUT2D eigenvalue weighted by Crippen LogP contribution is 2.37. The summed E-state index contributed by atoms with van der Waals surface area (Å²) in [6.07, 6.45) is 0. The van der Waals surface area contributed by atoms with Gasteiger partial charge in [-0.2, -0.15) is 5.26 Å². The molecule has 3 aromatic rings. The summed E-state index contributed by atoms with van der Waals surface area (Å²) >= 11 is 3.45. The Morgan fingerprint density at radius 2 is 1.64 bits per heavy atom. The van der Waals surface area contributed by atoms with Gasteiger partial charge in [0.05, 0.1) is 26.5 Å². The number of benzene rings is 2. The molecule has 0 aliphatic rings. The molecule has 0 fully saturated rings. The molecule has 0 unspecified atom stereocenters. The molecule has 0 bridgehead atoms. The normalized spacial score (nSPS) is 10.2. The summed E-state index contributed by atoms with van der Waals surface area (Å²) in [6, 6.07) is 17.5. The third-order valence-corrected chi connectivity index (χ3v) is 4.74. The van der Waals surface area contributed by atoms with E-state index in [0.29, 0.717) is 29.5 Å². The van der Waals surface area contributed by atoms with Gasteiger partial charge in [0.25, 0.3) is 0 Å². The zero-order valence-electron chi connectivity index (χ0n) is 15.8. The maximum Gasteiger partial charge on any atom is 0.232 e. The highest BCUT2D eigenvalue weighted by molar-refractivity contribution is 9.10. The molecular weight excluding hydrogens is 420 g/mol. The van der Waals surface area contributed by atoms with Crippen molar-refractivity contribution in [3.63, 3.8) is 0 Å². The van der Waals surface area contributed by atoms with Crippen LogP contribution in [-0.4, -0.2) is 25.8 Å². The second kappa shape index (κ2) is 8.77. The van der Waals surface area contributed by atoms with Crippen molar-refractivity contribution >= 4 is 15.9 Å². The Morgan fingerprint density at radius 1 is 0.964 bits per heavy atom. The fourth-order valence-corrected chi connectivity index (χ4v) is 3.14. The second-order valence-corrected chi connectivity index (χ2v) is 6.77. The van der Waals surface area contributed by atoms with Gasteiger partial charge in [-0.1, -0.05) is 34.1 Å². The van der Waals surface area contributed by atoms with Crippen LogP contribution in [0, 0.1) is 11.3 Å². The summed E-state index contributed by atoms with van der Waals surface area (Å²) in [6.45, 7) is 2.28. The maximum atomic E-state index is 9.78. The van der Waals surface area contributed by atoms with Gasteiger partial charge in [-0.15, -0.1) is 0 Å². The van der Waals surface area contributed by atoms with Crippen LogP contribution in [0.1, 0.15) is 12.5 Å². The van der Waals surface area contributed by atoms with Crippen LogP contribution in [0.2, 0.25) is 0 Å². The van der Waals surface area contributed by atoms with Gasteiger partial charge in [-0.05, 0) is 42.8 Å². The van der Waals surface area contributed by atoms with Crippen molar-refractivity contribution in [2.45, 2.75) is 6.92 Å². The molecule has 142 valence electrons. The number of rotatable bonds is 6. The van der Waals surface area contributed by atoms with Crippen molar-refractivity contribution in [3.8, 4) is 45.8 Å². The quantitative estimate of drug-likeness (QED) is 0.510. The third kappa shape index (κ3) is 3.95. The Labute approximate surface area is 172 Å². The smallest absolute Gasteiger partial charge is 0.232 e. The van der Waals surface area contributed by atoms with Crippen LogP contribution < -0.4 is 14.2 Å². The average molecular weight is 439 g/mol. The molecule has 2 aromatic carbocycles. The predicted molar refractivity (Wildman–Crippen MR) is 112 cm³/mol. The lowest BCUT2D eigenvalue weighted by molar-refractivity contribution is 0.326. The topological polar surface area (TPSA) is 64.4 Å². The maximum absolute atomic E-state index is 9.78. The number of aromatic nitrogens is 1. The monoisotopic (exact) mass is 438 g/mol. The van der Waals surface area contributed by atoms with Crippen LogP contribution in [0.15, 0.2) is 53.0 Å². The fraction of sp³-hybridized carbons (Fsp3) is 0.182. The van der Waals surface area contributed by atoms with Crippen molar-refractivity contribution in [2.75, 3.05) is 20.8 Å². The van der Waals surface area contributed by atoms with Crippen LogP contribution >= 0.6 is 15.9 Å². The van der Waals surface area contributed by atoms with Gasteiger partial charge in [0.2, 0.25) is 5.88 Å². The largest absolute Gasteiger partial charge is 0.493 e. The number of hydrogen-bond acceptors (Lipinski definition) is 5. The summed E-state index contributed by atoms with van der Waals surface area (Å²) in [5.41, 5.74) is 3.57. The van der Waals surface area contributed by atoms with E-state index < -0.39 is 0 Å². The van der Waals surface area contributed by atoms with E-state index in [1.54, 1.807) is 14.2 Å². The number of pyridine rings is 1. The summed E-state index contributed by atoms with van der Waals surface area (Å²) in [4.78, 5) is 4.58. The highest BCUT2D eigenvalue weighted by atomic mass is 79.9. The van der Waals surface area contributed by atoms with Gasteiger partial charge in [-0.25, -0.2) is 4.98 Å². The fourth-order valence-electron chi connectivity index (χ4n) is 2.87. The summed E-state index contributed by atoms with van der Waals surface area (Å²) in [7, 11) is 3.17. The highest BCUT2D eigenvalue weighted by Gasteiger charge is 2.18. The SMILES string of the molecule is CCOc1nc(-c2ccc(Br)cc2)cc(-c2ccc(OC)c(OC)c2)c1C#N. The van der Waals surface area contributed by atoms with Crippen LogP contribution in [0.3, 0.4) is 0 Å². The molecule has 0 aliphatic heterocycles. The minimum atomic E-state index is 0.315. The van der Waals surface area contributed by atoms with E-state index >= 15 is 0 Å². The lowest BCUT2D eigenvalue weighted by Gasteiger charge is -2.14. The minimum absolute atomic E-state index is 0.315. The van der Waals surface area contributed by atoms with Gasteiger partial charge >= 0.3 is 0 Å². The van der Waals surface area contributed by atoms with Crippen LogP contribution in [0.25, 0.3) is 22.4 Å². The van der Waals surface area contributed by atoms with Gasteiger partial charge in [0.1, 0.15) is 11.6 Å². The first-order chi connectivity index (χ1) is 13.6. The zero-order valence-corrected chi connectivity index (χ0v) is 17.4. The summed E-state index contributed by atoms with van der Waals surface area (Å²) in [5, 5.41) is 9.78. The molecule has 0 spiro atoms. The van der Waals surface area contributed by atoms with Crippen molar-refractivity contribution in [2.24, 2.45) is 0 Å². The Hall–Kier alpha value is -3.04. The first kappa shape index (κ1) is 19.7. The third-order valence-electron chi connectivity index (χ3n) is 4.21. The average Bonchev–Trinajstić information content (AvgIpc) is 2.73. The Morgan fingerprint density at radius 3 is 2.25 bits per heavy atom. The molecule has 0 N–H and O–H groups in total. The van der Waals surface area contributed by atoms with E-state index in [1.165, 1.54) is 0 Å². The summed E-state index contributed by atoms with van der Waals surface area (Å²) in [5.74, 6) is 1.52. The number of ether oxygens (including phenoxy) is 3. The lowest BCUT2D eigenvalue weighted by atomic mass is 9.98. The first-order valence-corrected chi connectivity index (χ1v) is 9.46. The standard InChI is InChI=1S/C22H19BrN2O3/c1-4-28-22-18(13-24)17(15-7-10-20(26-2)21(11-15)27-3)12-19(25-22)14-5-8-16(23)9-6-14/h5-12H,4H2,1-3H3. The van der Waals surface area contributed by atoms with Gasteiger partial charge in [0, 0.05) is 15.6 Å². The van der Waals surface area contributed by atoms with Crippen LogP contribution in [0.4, 0.5) is 0 Å². The molecule has 0 saturated carbocycles. The van der Waals surface area contributed by atoms with E-state index in [2.05, 4.69) is 27.0 Å². The lowest BCUT2D eigenvalue weighted by Crippen LogP contribution is -2.01. The van der Waals surface area contributed by atoms with Crippen molar-refractivity contribution in [1.29, 1.82) is 5.26 Å². The first-order valence-electron chi connectivity index (χ1n) is 8.67. The van der Waals surface area contributed by atoms with Crippen molar-refractivity contribution < 1.29 is 14.2 Å². The molecule has 0 atom stereocenters. The Bertz CT molecular complexity index is 1030. The number of hydrogen-bond donors (Lipinski definition) is 0.